The number of anilines is 1. The maximum absolute atomic E-state index is 12.0. The van der Waals surface area contributed by atoms with Gasteiger partial charge in [-0.3, -0.25) is 10.1 Å². The average molecular weight is 299 g/mol. The SMILES string of the molecule is Nc1nc(-c2ccc(OC(F)(F)F)cc2)ccc1[N+](=O)[O-]. The summed E-state index contributed by atoms with van der Waals surface area (Å²) >= 11 is 0. The van der Waals surface area contributed by atoms with Gasteiger partial charge in [0.1, 0.15) is 5.75 Å². The molecule has 1 aromatic heterocycles. The number of nitrogens with zero attached hydrogens (tertiary/aromatic N) is 2. The van der Waals surface area contributed by atoms with Crippen LogP contribution in [0.1, 0.15) is 0 Å². The van der Waals surface area contributed by atoms with E-state index in [0.717, 1.165) is 12.1 Å². The first kappa shape index (κ1) is 14.6. The number of nitrogen functional groups attached to an aromatic ring is 1. The van der Waals surface area contributed by atoms with E-state index in [2.05, 4.69) is 9.72 Å². The van der Waals surface area contributed by atoms with Gasteiger partial charge in [0.05, 0.1) is 10.6 Å². The van der Waals surface area contributed by atoms with Crippen LogP contribution in [0.5, 0.6) is 5.75 Å². The molecule has 2 aromatic rings. The number of hydrogen-bond acceptors (Lipinski definition) is 5. The van der Waals surface area contributed by atoms with Gasteiger partial charge in [0.2, 0.25) is 5.82 Å². The molecule has 2 rings (SSSR count). The molecule has 0 amide bonds. The third-order valence-electron chi connectivity index (χ3n) is 2.48. The van der Waals surface area contributed by atoms with Crippen molar-refractivity contribution in [1.82, 2.24) is 4.98 Å². The molecular weight excluding hydrogens is 291 g/mol. The zero-order valence-electron chi connectivity index (χ0n) is 10.3. The molecule has 0 aliphatic carbocycles. The molecule has 0 aliphatic heterocycles. The van der Waals surface area contributed by atoms with Crippen molar-refractivity contribution < 1.29 is 22.8 Å². The minimum atomic E-state index is -4.77. The smallest absolute Gasteiger partial charge is 0.406 e. The van der Waals surface area contributed by atoms with E-state index in [4.69, 9.17) is 5.73 Å². The number of ether oxygens (including phenoxy) is 1. The predicted octanol–water partition coefficient (Wildman–Crippen LogP) is 3.14. The lowest BCUT2D eigenvalue weighted by atomic mass is 10.1. The molecule has 0 bridgehead atoms. The van der Waals surface area contributed by atoms with Gasteiger partial charge in [0.25, 0.3) is 0 Å². The van der Waals surface area contributed by atoms with Gasteiger partial charge >= 0.3 is 12.0 Å². The van der Waals surface area contributed by atoms with E-state index in [-0.39, 0.29) is 17.3 Å². The lowest BCUT2D eigenvalue weighted by molar-refractivity contribution is -0.384. The summed E-state index contributed by atoms with van der Waals surface area (Å²) in [7, 11) is 0. The Morgan fingerprint density at radius 3 is 2.24 bits per heavy atom. The van der Waals surface area contributed by atoms with Crippen LogP contribution >= 0.6 is 0 Å². The van der Waals surface area contributed by atoms with Gasteiger partial charge < -0.3 is 10.5 Å². The van der Waals surface area contributed by atoms with Gasteiger partial charge in [-0.2, -0.15) is 0 Å². The normalized spacial score (nSPS) is 11.2. The van der Waals surface area contributed by atoms with Crippen LogP contribution in [0, 0.1) is 10.1 Å². The van der Waals surface area contributed by atoms with Gasteiger partial charge in [0.15, 0.2) is 0 Å². The highest BCUT2D eigenvalue weighted by Crippen LogP contribution is 2.28. The van der Waals surface area contributed by atoms with Crippen LogP contribution < -0.4 is 10.5 Å². The quantitative estimate of drug-likeness (QED) is 0.694. The second-order valence-corrected chi connectivity index (χ2v) is 3.93. The molecule has 1 aromatic carbocycles. The largest absolute Gasteiger partial charge is 0.573 e. The predicted molar refractivity (Wildman–Crippen MR) is 67.4 cm³/mol. The Balaban J connectivity index is 2.27. The second-order valence-electron chi connectivity index (χ2n) is 3.93. The highest BCUT2D eigenvalue weighted by atomic mass is 19.4. The lowest BCUT2D eigenvalue weighted by Gasteiger charge is -2.09. The van der Waals surface area contributed by atoms with Crippen molar-refractivity contribution in [2.45, 2.75) is 6.36 Å². The number of nitrogens with two attached hydrogens (primary N) is 1. The first-order valence-electron chi connectivity index (χ1n) is 5.53. The standard InChI is InChI=1S/C12H8F3N3O3/c13-12(14,15)21-8-3-1-7(2-4-8)9-5-6-10(18(19)20)11(16)17-9/h1-6H,(H2,16,17). The van der Waals surface area contributed by atoms with Gasteiger partial charge in [-0.1, -0.05) is 0 Å². The molecule has 6 nitrogen and oxygen atoms in total. The molecule has 0 radical (unpaired) electrons. The molecule has 0 fully saturated rings. The second kappa shape index (κ2) is 5.27. The molecule has 0 aliphatic rings. The van der Waals surface area contributed by atoms with Crippen LogP contribution in [0.2, 0.25) is 0 Å². The molecule has 0 saturated carbocycles. The molecule has 110 valence electrons. The van der Waals surface area contributed by atoms with Crippen molar-refractivity contribution in [3.63, 3.8) is 0 Å². The Bertz CT molecular complexity index is 672. The van der Waals surface area contributed by atoms with Crippen LogP contribution in [0.15, 0.2) is 36.4 Å². The number of halogens is 3. The molecule has 2 N–H and O–H groups in total. The summed E-state index contributed by atoms with van der Waals surface area (Å²) in [6.45, 7) is 0. The van der Waals surface area contributed by atoms with Gasteiger partial charge in [0, 0.05) is 11.6 Å². The molecule has 9 heteroatoms. The number of alkyl halides is 3. The average Bonchev–Trinajstić information content (AvgIpc) is 2.37. The summed E-state index contributed by atoms with van der Waals surface area (Å²) in [4.78, 5) is 13.8. The fourth-order valence-electron chi connectivity index (χ4n) is 1.61. The highest BCUT2D eigenvalue weighted by Gasteiger charge is 2.31. The van der Waals surface area contributed by atoms with Crippen LogP contribution in [-0.4, -0.2) is 16.3 Å². The number of pyridine rings is 1. The molecule has 1 heterocycles. The van der Waals surface area contributed by atoms with Crippen LogP contribution in [-0.2, 0) is 0 Å². The third kappa shape index (κ3) is 3.59. The van der Waals surface area contributed by atoms with Crippen LogP contribution in [0.3, 0.4) is 0 Å². The van der Waals surface area contributed by atoms with Crippen LogP contribution in [0.4, 0.5) is 24.7 Å². The Kier molecular flexibility index (Phi) is 3.66. The van der Waals surface area contributed by atoms with Gasteiger partial charge in [-0.25, -0.2) is 4.98 Å². The summed E-state index contributed by atoms with van der Waals surface area (Å²) in [5, 5.41) is 10.6. The van der Waals surface area contributed by atoms with Gasteiger partial charge in [-0.05, 0) is 30.3 Å². The fourth-order valence-corrected chi connectivity index (χ4v) is 1.61. The molecule has 0 saturated heterocycles. The Morgan fingerprint density at radius 2 is 1.76 bits per heavy atom. The van der Waals surface area contributed by atoms with E-state index in [9.17, 15) is 23.3 Å². The van der Waals surface area contributed by atoms with Crippen LogP contribution in [0.25, 0.3) is 11.3 Å². The Morgan fingerprint density at radius 1 is 1.14 bits per heavy atom. The first-order valence-corrected chi connectivity index (χ1v) is 5.53. The summed E-state index contributed by atoms with van der Waals surface area (Å²) in [5.41, 5.74) is 5.86. The minimum absolute atomic E-state index is 0.270. The topological polar surface area (TPSA) is 91.3 Å². The highest BCUT2D eigenvalue weighted by molar-refractivity contribution is 5.65. The van der Waals surface area contributed by atoms with E-state index in [1.807, 2.05) is 0 Å². The first-order chi connectivity index (χ1) is 9.76. The zero-order chi connectivity index (χ0) is 15.6. The molecule has 0 spiro atoms. The van der Waals surface area contributed by atoms with E-state index in [1.54, 1.807) is 0 Å². The van der Waals surface area contributed by atoms with E-state index in [1.165, 1.54) is 24.3 Å². The van der Waals surface area contributed by atoms with Gasteiger partial charge in [-0.15, -0.1) is 13.2 Å². The van der Waals surface area contributed by atoms with Crippen molar-refractivity contribution in [2.75, 3.05) is 5.73 Å². The Hall–Kier alpha value is -2.84. The summed E-state index contributed by atoms with van der Waals surface area (Å²) in [6.07, 6.45) is -4.77. The Labute approximate surface area is 116 Å². The van der Waals surface area contributed by atoms with Crippen molar-refractivity contribution in [3.8, 4) is 17.0 Å². The summed E-state index contributed by atoms with van der Waals surface area (Å²) in [6, 6.07) is 7.44. The summed E-state index contributed by atoms with van der Waals surface area (Å²) < 4.78 is 39.8. The number of hydrogen-bond donors (Lipinski definition) is 1. The van der Waals surface area contributed by atoms with E-state index in [0.29, 0.717) is 11.3 Å². The fraction of sp³-hybridized carbons (Fsp3) is 0.0833. The number of aromatic nitrogens is 1. The number of rotatable bonds is 3. The molecular formula is C12H8F3N3O3. The van der Waals surface area contributed by atoms with Crippen molar-refractivity contribution >= 4 is 11.5 Å². The molecule has 21 heavy (non-hydrogen) atoms. The summed E-state index contributed by atoms with van der Waals surface area (Å²) in [5.74, 6) is -0.644. The third-order valence-corrected chi connectivity index (χ3v) is 2.48. The van der Waals surface area contributed by atoms with E-state index >= 15 is 0 Å². The van der Waals surface area contributed by atoms with Crippen molar-refractivity contribution in [1.29, 1.82) is 0 Å². The number of benzene rings is 1. The van der Waals surface area contributed by atoms with Crippen molar-refractivity contribution in [3.05, 3.63) is 46.5 Å². The molecule has 0 unspecified atom stereocenters. The minimum Gasteiger partial charge on any atom is -0.406 e. The number of nitro groups is 1. The molecule has 0 atom stereocenters. The maximum atomic E-state index is 12.0. The lowest BCUT2D eigenvalue weighted by Crippen LogP contribution is -2.16. The monoisotopic (exact) mass is 299 g/mol. The maximum Gasteiger partial charge on any atom is 0.573 e. The van der Waals surface area contributed by atoms with E-state index < -0.39 is 11.3 Å². The zero-order valence-corrected chi connectivity index (χ0v) is 10.3. The van der Waals surface area contributed by atoms with Crippen molar-refractivity contribution in [2.24, 2.45) is 0 Å².